The van der Waals surface area contributed by atoms with E-state index in [0.29, 0.717) is 38.6 Å². The molecule has 3 aromatic rings. The summed E-state index contributed by atoms with van der Waals surface area (Å²) in [6.07, 6.45) is 1.82. The summed E-state index contributed by atoms with van der Waals surface area (Å²) in [6, 6.07) is 19.0. The first-order chi connectivity index (χ1) is 17.6. The molecule has 2 fully saturated rings. The number of halogens is 1. The van der Waals surface area contributed by atoms with Crippen LogP contribution in [0, 0.1) is 11.7 Å². The van der Waals surface area contributed by atoms with Crippen molar-refractivity contribution in [3.63, 3.8) is 0 Å². The van der Waals surface area contributed by atoms with Gasteiger partial charge in [0.2, 0.25) is 11.8 Å². The van der Waals surface area contributed by atoms with Crippen molar-refractivity contribution in [2.45, 2.75) is 24.8 Å². The van der Waals surface area contributed by atoms with Crippen molar-refractivity contribution in [3.8, 4) is 0 Å². The second-order valence-electron chi connectivity index (χ2n) is 10.0. The number of hydrogen-bond acceptors (Lipinski definition) is 4. The van der Waals surface area contributed by atoms with Crippen molar-refractivity contribution in [2.24, 2.45) is 5.92 Å². The highest BCUT2D eigenvalue weighted by atomic mass is 32.1. The van der Waals surface area contributed by atoms with Crippen LogP contribution in [0.4, 0.5) is 4.39 Å². The molecule has 6 rings (SSSR count). The molecule has 5 nitrogen and oxygen atoms in total. The maximum absolute atomic E-state index is 14.1. The number of carbonyl (C=O) groups is 2. The van der Waals surface area contributed by atoms with Crippen LogP contribution in [0.2, 0.25) is 0 Å². The quantitative estimate of drug-likeness (QED) is 0.521. The third kappa shape index (κ3) is 4.58. The van der Waals surface area contributed by atoms with Crippen molar-refractivity contribution in [1.29, 1.82) is 0 Å². The van der Waals surface area contributed by atoms with Crippen molar-refractivity contribution in [1.82, 2.24) is 14.7 Å². The van der Waals surface area contributed by atoms with Gasteiger partial charge in [-0.1, -0.05) is 42.5 Å². The molecule has 3 atom stereocenters. The van der Waals surface area contributed by atoms with Crippen molar-refractivity contribution >= 4 is 23.2 Å². The van der Waals surface area contributed by atoms with Gasteiger partial charge in [0.15, 0.2) is 0 Å². The van der Waals surface area contributed by atoms with Gasteiger partial charge in [-0.25, -0.2) is 4.39 Å². The predicted molar refractivity (Wildman–Crippen MR) is 138 cm³/mol. The molecule has 1 aromatic heterocycles. The Morgan fingerprint density at radius 3 is 2.42 bits per heavy atom. The van der Waals surface area contributed by atoms with Gasteiger partial charge in [-0.3, -0.25) is 14.5 Å². The lowest BCUT2D eigenvalue weighted by Gasteiger charge is -2.39. The fourth-order valence-electron chi connectivity index (χ4n) is 5.83. The topological polar surface area (TPSA) is 43.9 Å². The molecule has 0 radical (unpaired) electrons. The molecule has 0 N–H and O–H groups in total. The molecule has 2 aliphatic heterocycles. The Morgan fingerprint density at radius 2 is 1.64 bits per heavy atom. The van der Waals surface area contributed by atoms with Gasteiger partial charge in [0.25, 0.3) is 0 Å². The van der Waals surface area contributed by atoms with E-state index < -0.39 is 0 Å². The second-order valence-corrected chi connectivity index (χ2v) is 11.0. The summed E-state index contributed by atoms with van der Waals surface area (Å²) in [5.41, 5.74) is 3.31. The lowest BCUT2D eigenvalue weighted by atomic mass is 9.93. The fourth-order valence-corrected chi connectivity index (χ4v) is 6.73. The van der Waals surface area contributed by atoms with Crippen molar-refractivity contribution in [2.75, 3.05) is 39.3 Å². The van der Waals surface area contributed by atoms with Gasteiger partial charge < -0.3 is 9.80 Å². The van der Waals surface area contributed by atoms with E-state index in [-0.39, 0.29) is 29.6 Å². The van der Waals surface area contributed by atoms with Gasteiger partial charge in [-0.2, -0.15) is 0 Å². The first-order valence-electron chi connectivity index (χ1n) is 12.8. The van der Waals surface area contributed by atoms with Gasteiger partial charge in [0.05, 0.1) is 12.6 Å². The number of piperazine rings is 1. The first-order valence-corrected chi connectivity index (χ1v) is 13.6. The summed E-state index contributed by atoms with van der Waals surface area (Å²) in [5, 5.41) is 2.08. The highest BCUT2D eigenvalue weighted by molar-refractivity contribution is 7.10. The van der Waals surface area contributed by atoms with Crippen molar-refractivity contribution in [3.05, 3.63) is 93.4 Å². The third-order valence-electron chi connectivity index (χ3n) is 7.85. The van der Waals surface area contributed by atoms with E-state index in [0.717, 1.165) is 24.9 Å². The predicted octanol–water partition coefficient (Wildman–Crippen LogP) is 4.31. The number of fused-ring (bicyclic) bond motifs is 1. The van der Waals surface area contributed by atoms with E-state index in [1.807, 2.05) is 34.1 Å². The van der Waals surface area contributed by atoms with E-state index in [1.54, 1.807) is 23.5 Å². The van der Waals surface area contributed by atoms with Crippen LogP contribution < -0.4 is 0 Å². The summed E-state index contributed by atoms with van der Waals surface area (Å²) in [5.74, 6) is 0.458. The average molecular weight is 504 g/mol. The minimum atomic E-state index is -0.257. The molecule has 3 aliphatic rings. The number of hydrogen-bond donors (Lipinski definition) is 0. The van der Waals surface area contributed by atoms with Crippen LogP contribution in [0.1, 0.15) is 39.9 Å². The van der Waals surface area contributed by atoms with E-state index in [1.165, 1.54) is 22.1 Å². The monoisotopic (exact) mass is 503 g/mol. The Hall–Kier alpha value is -3.03. The molecule has 1 aliphatic carbocycles. The smallest absolute Gasteiger partial charge is 0.236 e. The Morgan fingerprint density at radius 1 is 0.889 bits per heavy atom. The number of amides is 2. The highest BCUT2D eigenvalue weighted by Gasteiger charge is 2.46. The fraction of sp³-hybridized carbons (Fsp3) is 0.379. The highest BCUT2D eigenvalue weighted by Crippen LogP contribution is 2.48. The number of rotatable bonds is 5. The second kappa shape index (κ2) is 9.79. The number of nitrogens with zero attached hydrogens (tertiary/aromatic N) is 3. The van der Waals surface area contributed by atoms with E-state index in [2.05, 4.69) is 28.5 Å². The largest absolute Gasteiger partial charge is 0.339 e. The summed E-state index contributed by atoms with van der Waals surface area (Å²) >= 11 is 1.73. The van der Waals surface area contributed by atoms with Crippen LogP contribution in [-0.2, 0) is 16.0 Å². The maximum Gasteiger partial charge on any atom is 0.236 e. The third-order valence-corrected chi connectivity index (χ3v) is 8.84. The Bertz CT molecular complexity index is 1250. The van der Waals surface area contributed by atoms with Crippen LogP contribution >= 0.6 is 11.3 Å². The molecule has 36 heavy (non-hydrogen) atoms. The first kappa shape index (κ1) is 23.4. The number of benzene rings is 2. The SMILES string of the molecule is O=C(CN1CCc2sccc2[C@@H]1c1cccc(F)c1)N1CCN(C(=O)[C@@H]2C[C@H]2c2ccccc2)CC1. The van der Waals surface area contributed by atoms with Crippen LogP contribution in [0.3, 0.4) is 0 Å². The van der Waals surface area contributed by atoms with Gasteiger partial charge in [0.1, 0.15) is 5.82 Å². The summed E-state index contributed by atoms with van der Waals surface area (Å²) in [6.45, 7) is 3.37. The summed E-state index contributed by atoms with van der Waals surface area (Å²) < 4.78 is 14.1. The molecule has 2 aromatic carbocycles. The molecular formula is C29H30FN3O2S. The van der Waals surface area contributed by atoms with Crippen LogP contribution in [-0.4, -0.2) is 65.8 Å². The van der Waals surface area contributed by atoms with E-state index in [9.17, 15) is 14.0 Å². The molecule has 2 amide bonds. The number of thiophene rings is 1. The molecule has 3 heterocycles. The van der Waals surface area contributed by atoms with Crippen LogP contribution in [0.15, 0.2) is 66.0 Å². The van der Waals surface area contributed by atoms with E-state index >= 15 is 0 Å². The molecular weight excluding hydrogens is 473 g/mol. The summed E-state index contributed by atoms with van der Waals surface area (Å²) in [7, 11) is 0. The molecule has 1 saturated heterocycles. The minimum Gasteiger partial charge on any atom is -0.339 e. The van der Waals surface area contributed by atoms with Crippen molar-refractivity contribution < 1.29 is 14.0 Å². The Kier molecular flexibility index (Phi) is 6.36. The van der Waals surface area contributed by atoms with Gasteiger partial charge >= 0.3 is 0 Å². The minimum absolute atomic E-state index is 0.0786. The van der Waals surface area contributed by atoms with Gasteiger partial charge in [0, 0.05) is 43.5 Å². The maximum atomic E-state index is 14.1. The van der Waals surface area contributed by atoms with Crippen LogP contribution in [0.25, 0.3) is 0 Å². The Balaban J connectivity index is 1.08. The molecule has 0 unspecified atom stereocenters. The normalized spacial score (nSPS) is 23.9. The molecule has 0 spiro atoms. The molecule has 0 bridgehead atoms. The lowest BCUT2D eigenvalue weighted by Crippen LogP contribution is -2.53. The number of carbonyl (C=O) groups excluding carboxylic acids is 2. The Labute approximate surface area is 215 Å². The zero-order valence-electron chi connectivity index (χ0n) is 20.2. The standard InChI is InChI=1S/C29H30FN3O2S/c30-22-8-4-7-21(17-22)28-23-10-16-36-26(23)9-11-33(28)19-27(34)31-12-14-32(15-13-31)29(35)25-18-24(25)20-5-2-1-3-6-20/h1-8,10,16-17,24-25,28H,9,11-15,18-19H2/t24-,25+,28-/m0/s1. The van der Waals surface area contributed by atoms with Gasteiger partial charge in [-0.15, -0.1) is 11.3 Å². The molecule has 1 saturated carbocycles. The van der Waals surface area contributed by atoms with Gasteiger partial charge in [-0.05, 0) is 59.0 Å². The van der Waals surface area contributed by atoms with Crippen LogP contribution in [0.5, 0.6) is 0 Å². The lowest BCUT2D eigenvalue weighted by molar-refractivity contribution is -0.141. The molecule has 7 heteroatoms. The van der Waals surface area contributed by atoms with E-state index in [4.69, 9.17) is 0 Å². The zero-order chi connectivity index (χ0) is 24.6. The zero-order valence-corrected chi connectivity index (χ0v) is 21.0. The average Bonchev–Trinajstić information content (AvgIpc) is 3.57. The molecule has 186 valence electrons. The summed E-state index contributed by atoms with van der Waals surface area (Å²) in [4.78, 5) is 33.7.